The van der Waals surface area contributed by atoms with E-state index in [2.05, 4.69) is 5.32 Å². The predicted octanol–water partition coefficient (Wildman–Crippen LogP) is 1.52. The first-order valence-electron chi connectivity index (χ1n) is 7.35. The molecule has 0 aliphatic carbocycles. The molecule has 1 aromatic carbocycles. The van der Waals surface area contributed by atoms with Crippen molar-refractivity contribution in [1.29, 1.82) is 0 Å². The number of furan rings is 1. The molecule has 2 N–H and O–H groups in total. The van der Waals surface area contributed by atoms with Crippen LogP contribution in [0, 0.1) is 6.92 Å². The molecule has 0 saturated heterocycles. The number of benzene rings is 1. The molecule has 2 aromatic rings. The van der Waals surface area contributed by atoms with Crippen molar-refractivity contribution in [3.8, 4) is 0 Å². The highest BCUT2D eigenvalue weighted by Crippen LogP contribution is 2.27. The Labute approximate surface area is 133 Å². The van der Waals surface area contributed by atoms with Gasteiger partial charge in [-0.1, -0.05) is 24.3 Å². The number of carbonyl (C=O) groups excluding carboxylic acids is 2. The average Bonchev–Trinajstić information content (AvgIpc) is 2.93. The zero-order chi connectivity index (χ0) is 16.6. The smallest absolute Gasteiger partial charge is 0.288 e. The molecule has 23 heavy (non-hydrogen) atoms. The number of hydrogen-bond acceptors (Lipinski definition) is 4. The summed E-state index contributed by atoms with van der Waals surface area (Å²) in [7, 11) is 1.71. The molecule has 1 aliphatic rings. The van der Waals surface area contributed by atoms with Crippen LogP contribution in [-0.2, 0) is 17.9 Å². The maximum Gasteiger partial charge on any atom is 0.288 e. The second-order valence-electron chi connectivity index (χ2n) is 5.68. The quantitative estimate of drug-likeness (QED) is 0.900. The van der Waals surface area contributed by atoms with Gasteiger partial charge in [-0.3, -0.25) is 9.59 Å². The maximum absolute atomic E-state index is 12.5. The molecule has 1 aromatic heterocycles. The SMILES string of the molecule is Cc1cc(CO)oc1C(=O)NC1C(=O)N(C)Cc2ccccc21. The highest BCUT2D eigenvalue weighted by molar-refractivity contribution is 5.97. The lowest BCUT2D eigenvalue weighted by Crippen LogP contribution is -2.44. The third kappa shape index (κ3) is 2.73. The molecule has 3 rings (SSSR count). The van der Waals surface area contributed by atoms with Crippen molar-refractivity contribution < 1.29 is 19.1 Å². The van der Waals surface area contributed by atoms with Crippen LogP contribution in [0.1, 0.15) is 39.0 Å². The van der Waals surface area contributed by atoms with E-state index in [1.165, 1.54) is 0 Å². The van der Waals surface area contributed by atoms with Gasteiger partial charge in [0.1, 0.15) is 18.4 Å². The van der Waals surface area contributed by atoms with Crippen molar-refractivity contribution >= 4 is 11.8 Å². The van der Waals surface area contributed by atoms with Crippen molar-refractivity contribution in [2.45, 2.75) is 26.1 Å². The fraction of sp³-hybridized carbons (Fsp3) is 0.294. The predicted molar refractivity (Wildman–Crippen MR) is 82.5 cm³/mol. The van der Waals surface area contributed by atoms with Crippen molar-refractivity contribution in [3.05, 3.63) is 58.5 Å². The third-order valence-corrected chi connectivity index (χ3v) is 4.00. The number of aryl methyl sites for hydroxylation is 1. The summed E-state index contributed by atoms with van der Waals surface area (Å²) in [6.45, 7) is 1.97. The number of hydrogen-bond donors (Lipinski definition) is 2. The molecule has 2 amide bonds. The Hall–Kier alpha value is -2.60. The Bertz CT molecular complexity index is 766. The molecule has 1 atom stereocenters. The van der Waals surface area contributed by atoms with Gasteiger partial charge in [0.05, 0.1) is 0 Å². The highest BCUT2D eigenvalue weighted by Gasteiger charge is 2.33. The van der Waals surface area contributed by atoms with E-state index in [1.807, 2.05) is 24.3 Å². The average molecular weight is 314 g/mol. The number of carbonyl (C=O) groups is 2. The van der Waals surface area contributed by atoms with E-state index in [1.54, 1.807) is 24.9 Å². The largest absolute Gasteiger partial charge is 0.453 e. The van der Waals surface area contributed by atoms with Crippen LogP contribution in [0.5, 0.6) is 0 Å². The highest BCUT2D eigenvalue weighted by atomic mass is 16.4. The fourth-order valence-electron chi connectivity index (χ4n) is 2.83. The first-order valence-corrected chi connectivity index (χ1v) is 7.35. The molecule has 2 heterocycles. The minimum absolute atomic E-state index is 0.118. The van der Waals surface area contributed by atoms with Crippen LogP contribution in [-0.4, -0.2) is 28.9 Å². The lowest BCUT2D eigenvalue weighted by molar-refractivity contribution is -0.133. The topological polar surface area (TPSA) is 82.8 Å². The summed E-state index contributed by atoms with van der Waals surface area (Å²) in [6, 6.07) is 8.42. The van der Waals surface area contributed by atoms with E-state index in [0.717, 1.165) is 11.1 Å². The molecule has 1 aliphatic heterocycles. The molecule has 0 radical (unpaired) electrons. The fourth-order valence-corrected chi connectivity index (χ4v) is 2.83. The molecule has 0 spiro atoms. The zero-order valence-electron chi connectivity index (χ0n) is 13.0. The summed E-state index contributed by atoms with van der Waals surface area (Å²) in [4.78, 5) is 26.5. The minimum Gasteiger partial charge on any atom is -0.453 e. The van der Waals surface area contributed by atoms with Gasteiger partial charge in [-0.15, -0.1) is 0 Å². The number of fused-ring (bicyclic) bond motifs is 1. The lowest BCUT2D eigenvalue weighted by atomic mass is 9.95. The van der Waals surface area contributed by atoms with Gasteiger partial charge >= 0.3 is 0 Å². The number of nitrogens with zero attached hydrogens (tertiary/aromatic N) is 1. The first-order chi connectivity index (χ1) is 11.0. The molecule has 6 nitrogen and oxygen atoms in total. The van der Waals surface area contributed by atoms with E-state index in [0.29, 0.717) is 17.9 Å². The van der Waals surface area contributed by atoms with Gasteiger partial charge in [0.25, 0.3) is 5.91 Å². The number of likely N-dealkylation sites (N-methyl/N-ethyl adjacent to an activating group) is 1. The molecule has 0 saturated carbocycles. The number of rotatable bonds is 3. The van der Waals surface area contributed by atoms with Crippen LogP contribution in [0.25, 0.3) is 0 Å². The van der Waals surface area contributed by atoms with Crippen molar-refractivity contribution in [2.75, 3.05) is 7.05 Å². The molecule has 120 valence electrons. The number of aliphatic hydroxyl groups is 1. The van der Waals surface area contributed by atoms with Gasteiger partial charge in [-0.2, -0.15) is 0 Å². The van der Waals surface area contributed by atoms with Gasteiger partial charge < -0.3 is 19.7 Å². The number of nitrogens with one attached hydrogen (secondary N) is 1. The summed E-state index contributed by atoms with van der Waals surface area (Å²) in [6.07, 6.45) is 0. The summed E-state index contributed by atoms with van der Waals surface area (Å²) in [5.41, 5.74) is 2.43. The van der Waals surface area contributed by atoms with Crippen LogP contribution in [0.2, 0.25) is 0 Å². The Morgan fingerprint density at radius 1 is 1.43 bits per heavy atom. The maximum atomic E-state index is 12.5. The van der Waals surface area contributed by atoms with Gasteiger partial charge in [-0.05, 0) is 24.1 Å². The minimum atomic E-state index is -0.737. The van der Waals surface area contributed by atoms with Gasteiger partial charge in [0.2, 0.25) is 5.91 Å². The molecular formula is C17H18N2O4. The van der Waals surface area contributed by atoms with Crippen LogP contribution >= 0.6 is 0 Å². The van der Waals surface area contributed by atoms with E-state index < -0.39 is 11.9 Å². The second kappa shape index (κ2) is 5.89. The molecule has 0 bridgehead atoms. The van der Waals surface area contributed by atoms with Crippen molar-refractivity contribution in [1.82, 2.24) is 10.2 Å². The summed E-state index contributed by atoms with van der Waals surface area (Å²) >= 11 is 0. The Balaban J connectivity index is 1.90. The third-order valence-electron chi connectivity index (χ3n) is 4.00. The summed E-state index contributed by atoms with van der Waals surface area (Å²) in [5.74, 6) is -0.193. The van der Waals surface area contributed by atoms with E-state index in [4.69, 9.17) is 9.52 Å². The molecular weight excluding hydrogens is 296 g/mol. The van der Waals surface area contributed by atoms with Crippen LogP contribution in [0.3, 0.4) is 0 Å². The van der Waals surface area contributed by atoms with E-state index in [9.17, 15) is 9.59 Å². The van der Waals surface area contributed by atoms with Gasteiger partial charge in [0.15, 0.2) is 5.76 Å². The van der Waals surface area contributed by atoms with Crippen LogP contribution in [0.4, 0.5) is 0 Å². The van der Waals surface area contributed by atoms with E-state index >= 15 is 0 Å². The van der Waals surface area contributed by atoms with Crippen molar-refractivity contribution in [3.63, 3.8) is 0 Å². The van der Waals surface area contributed by atoms with Gasteiger partial charge in [0, 0.05) is 19.2 Å². The lowest BCUT2D eigenvalue weighted by Gasteiger charge is -2.31. The Kier molecular flexibility index (Phi) is 3.92. The molecule has 6 heteroatoms. The summed E-state index contributed by atoms with van der Waals surface area (Å²) < 4.78 is 5.33. The molecule has 1 unspecified atom stereocenters. The molecule has 0 fully saturated rings. The van der Waals surface area contributed by atoms with Crippen LogP contribution < -0.4 is 5.32 Å². The zero-order valence-corrected chi connectivity index (χ0v) is 13.0. The van der Waals surface area contributed by atoms with Gasteiger partial charge in [-0.25, -0.2) is 0 Å². The normalized spacial score (nSPS) is 17.1. The van der Waals surface area contributed by atoms with Crippen LogP contribution in [0.15, 0.2) is 34.7 Å². The monoisotopic (exact) mass is 314 g/mol. The number of amides is 2. The Morgan fingerprint density at radius 3 is 2.87 bits per heavy atom. The standard InChI is InChI=1S/C17H18N2O4/c1-10-7-12(9-20)23-15(10)16(21)18-14-13-6-4-3-5-11(13)8-19(2)17(14)22/h3-7,14,20H,8-9H2,1-2H3,(H,18,21). The first kappa shape index (κ1) is 15.3. The Morgan fingerprint density at radius 2 is 2.17 bits per heavy atom. The number of aliphatic hydroxyl groups excluding tert-OH is 1. The van der Waals surface area contributed by atoms with E-state index in [-0.39, 0.29) is 18.3 Å². The summed E-state index contributed by atoms with van der Waals surface area (Å²) in [5, 5.41) is 11.8. The second-order valence-corrected chi connectivity index (χ2v) is 5.68. The van der Waals surface area contributed by atoms with Crippen molar-refractivity contribution in [2.24, 2.45) is 0 Å².